The summed E-state index contributed by atoms with van der Waals surface area (Å²) in [6.45, 7) is 0. The van der Waals surface area contributed by atoms with Crippen LogP contribution in [0, 0.1) is 11.7 Å². The molecule has 1 N–H and O–H groups in total. The van der Waals surface area contributed by atoms with Crippen LogP contribution in [0.2, 0.25) is 0 Å². The Kier molecular flexibility index (Phi) is 3.56. The molecule has 2 aromatic carbocycles. The van der Waals surface area contributed by atoms with E-state index in [9.17, 15) is 4.39 Å². The summed E-state index contributed by atoms with van der Waals surface area (Å²) in [6, 6.07) is 15.9. The molecule has 1 aliphatic rings. The molecule has 98 valence electrons. The molecule has 0 aliphatic heterocycles. The van der Waals surface area contributed by atoms with Gasteiger partial charge in [0.1, 0.15) is 5.82 Å². The van der Waals surface area contributed by atoms with Crippen molar-refractivity contribution < 1.29 is 4.39 Å². The maximum absolute atomic E-state index is 13.6. The quantitative estimate of drug-likeness (QED) is 0.821. The van der Waals surface area contributed by atoms with Crippen LogP contribution in [0.3, 0.4) is 0 Å². The lowest BCUT2D eigenvalue weighted by Crippen LogP contribution is -2.12. The lowest BCUT2D eigenvalue weighted by atomic mass is 10.0. The van der Waals surface area contributed by atoms with Crippen LogP contribution < -0.4 is 5.32 Å². The van der Waals surface area contributed by atoms with E-state index in [-0.39, 0.29) is 11.9 Å². The van der Waals surface area contributed by atoms with Crippen LogP contribution in [-0.2, 0) is 0 Å². The van der Waals surface area contributed by atoms with Crippen LogP contribution in [0.25, 0.3) is 0 Å². The molecule has 1 nitrogen and oxygen atoms in total. The molecule has 0 radical (unpaired) electrons. The Morgan fingerprint density at radius 3 is 2.47 bits per heavy atom. The van der Waals surface area contributed by atoms with Gasteiger partial charge >= 0.3 is 0 Å². The van der Waals surface area contributed by atoms with Crippen molar-refractivity contribution in [1.29, 1.82) is 0 Å². The van der Waals surface area contributed by atoms with E-state index >= 15 is 0 Å². The summed E-state index contributed by atoms with van der Waals surface area (Å²) in [5, 5.41) is 3.46. The number of hydrogen-bond acceptors (Lipinski definition) is 1. The highest BCUT2D eigenvalue weighted by Crippen LogP contribution is 2.42. The normalized spacial score (nSPS) is 16.1. The van der Waals surface area contributed by atoms with Crippen LogP contribution in [0.4, 0.5) is 10.1 Å². The summed E-state index contributed by atoms with van der Waals surface area (Å²) in [4.78, 5) is 0. The van der Waals surface area contributed by atoms with E-state index in [1.807, 2.05) is 12.1 Å². The smallest absolute Gasteiger partial charge is 0.139 e. The molecular weight excluding hydrogens is 305 g/mol. The number of nitrogens with one attached hydrogen (secondary N) is 1. The molecule has 0 saturated heterocycles. The third-order valence-electron chi connectivity index (χ3n) is 3.49. The molecule has 1 aliphatic carbocycles. The zero-order valence-electron chi connectivity index (χ0n) is 10.4. The summed E-state index contributed by atoms with van der Waals surface area (Å²) in [5.41, 5.74) is 2.11. The predicted molar refractivity (Wildman–Crippen MR) is 79.6 cm³/mol. The van der Waals surface area contributed by atoms with E-state index in [1.165, 1.54) is 18.4 Å². The van der Waals surface area contributed by atoms with Crippen molar-refractivity contribution in [2.24, 2.45) is 5.92 Å². The minimum Gasteiger partial charge on any atom is -0.378 e. The first-order valence-electron chi connectivity index (χ1n) is 6.50. The summed E-state index contributed by atoms with van der Waals surface area (Å²) in [5.74, 6) is 0.432. The number of rotatable bonds is 4. The van der Waals surface area contributed by atoms with Gasteiger partial charge < -0.3 is 5.32 Å². The summed E-state index contributed by atoms with van der Waals surface area (Å²) in [6.07, 6.45) is 2.48. The Labute approximate surface area is 121 Å². The van der Waals surface area contributed by atoms with Gasteiger partial charge in [0.05, 0.1) is 10.5 Å². The molecule has 1 unspecified atom stereocenters. The third kappa shape index (κ3) is 2.98. The Hall–Kier alpha value is -1.35. The molecule has 3 heteroatoms. The molecule has 0 aromatic heterocycles. The van der Waals surface area contributed by atoms with Crippen LogP contribution in [0.15, 0.2) is 53.0 Å². The van der Waals surface area contributed by atoms with E-state index in [0.29, 0.717) is 10.4 Å². The SMILES string of the molecule is Fc1cc(NC(c2ccccc2)C2CC2)ccc1Br. The average molecular weight is 320 g/mol. The monoisotopic (exact) mass is 319 g/mol. The second kappa shape index (κ2) is 5.33. The van der Waals surface area contributed by atoms with Crippen molar-refractivity contribution in [3.05, 3.63) is 64.4 Å². The van der Waals surface area contributed by atoms with Crippen molar-refractivity contribution in [1.82, 2.24) is 0 Å². The molecule has 19 heavy (non-hydrogen) atoms. The van der Waals surface area contributed by atoms with E-state index in [2.05, 4.69) is 45.5 Å². The topological polar surface area (TPSA) is 12.0 Å². The van der Waals surface area contributed by atoms with Crippen LogP contribution in [0.1, 0.15) is 24.4 Å². The van der Waals surface area contributed by atoms with Crippen molar-refractivity contribution in [2.45, 2.75) is 18.9 Å². The van der Waals surface area contributed by atoms with Gasteiger partial charge in [0.15, 0.2) is 0 Å². The average Bonchev–Trinajstić information content (AvgIpc) is 3.25. The third-order valence-corrected chi connectivity index (χ3v) is 4.14. The van der Waals surface area contributed by atoms with Gasteiger partial charge in [0.2, 0.25) is 0 Å². The van der Waals surface area contributed by atoms with E-state index in [1.54, 1.807) is 12.1 Å². The molecule has 3 rings (SSSR count). The van der Waals surface area contributed by atoms with Crippen molar-refractivity contribution in [3.8, 4) is 0 Å². The first kappa shape index (κ1) is 12.7. The van der Waals surface area contributed by atoms with Gasteiger partial charge in [-0.2, -0.15) is 0 Å². The second-order valence-electron chi connectivity index (χ2n) is 5.00. The lowest BCUT2D eigenvalue weighted by molar-refractivity contribution is 0.619. The first-order chi connectivity index (χ1) is 9.24. The molecule has 0 bridgehead atoms. The van der Waals surface area contributed by atoms with Gasteiger partial charge in [-0.3, -0.25) is 0 Å². The van der Waals surface area contributed by atoms with Crippen molar-refractivity contribution >= 4 is 21.6 Å². The maximum atomic E-state index is 13.6. The van der Waals surface area contributed by atoms with Gasteiger partial charge in [0, 0.05) is 5.69 Å². The van der Waals surface area contributed by atoms with Crippen LogP contribution in [0.5, 0.6) is 0 Å². The Bertz CT molecular complexity index is 566. The molecular formula is C16H15BrFN. The first-order valence-corrected chi connectivity index (χ1v) is 7.30. The largest absolute Gasteiger partial charge is 0.378 e. The molecule has 2 aromatic rings. The van der Waals surface area contributed by atoms with E-state index < -0.39 is 0 Å². The molecule has 0 heterocycles. The molecule has 0 amide bonds. The minimum atomic E-state index is -0.229. The standard InChI is InChI=1S/C16H15BrFN/c17-14-9-8-13(10-15(14)18)19-16(12-6-7-12)11-4-2-1-3-5-11/h1-5,8-10,12,16,19H,6-7H2. The number of anilines is 1. The van der Waals surface area contributed by atoms with Gasteiger partial charge in [0.25, 0.3) is 0 Å². The summed E-state index contributed by atoms with van der Waals surface area (Å²) in [7, 11) is 0. The summed E-state index contributed by atoms with van der Waals surface area (Å²) >= 11 is 3.18. The van der Waals surface area contributed by atoms with Gasteiger partial charge in [-0.1, -0.05) is 30.3 Å². The van der Waals surface area contributed by atoms with Crippen molar-refractivity contribution in [2.75, 3.05) is 5.32 Å². The van der Waals surface area contributed by atoms with Gasteiger partial charge in [-0.25, -0.2) is 4.39 Å². The van der Waals surface area contributed by atoms with Crippen molar-refractivity contribution in [3.63, 3.8) is 0 Å². The fourth-order valence-corrected chi connectivity index (χ4v) is 2.58. The molecule has 0 spiro atoms. The van der Waals surface area contributed by atoms with Crippen LogP contribution >= 0.6 is 15.9 Å². The Morgan fingerprint density at radius 2 is 1.84 bits per heavy atom. The second-order valence-corrected chi connectivity index (χ2v) is 5.85. The Balaban J connectivity index is 1.84. The van der Waals surface area contributed by atoms with Crippen LogP contribution in [-0.4, -0.2) is 0 Å². The van der Waals surface area contributed by atoms with Gasteiger partial charge in [-0.15, -0.1) is 0 Å². The zero-order chi connectivity index (χ0) is 13.2. The number of benzene rings is 2. The lowest BCUT2D eigenvalue weighted by Gasteiger charge is -2.20. The molecule has 1 atom stereocenters. The Morgan fingerprint density at radius 1 is 1.11 bits per heavy atom. The maximum Gasteiger partial charge on any atom is 0.139 e. The summed E-state index contributed by atoms with van der Waals surface area (Å²) < 4.78 is 14.1. The van der Waals surface area contributed by atoms with Gasteiger partial charge in [-0.05, 0) is 58.5 Å². The highest BCUT2D eigenvalue weighted by Gasteiger charge is 2.32. The number of halogens is 2. The fraction of sp³-hybridized carbons (Fsp3) is 0.250. The highest BCUT2D eigenvalue weighted by molar-refractivity contribution is 9.10. The molecule has 1 fully saturated rings. The zero-order valence-corrected chi connectivity index (χ0v) is 12.0. The molecule has 1 saturated carbocycles. The fourth-order valence-electron chi connectivity index (χ4n) is 2.33. The van der Waals surface area contributed by atoms with E-state index in [4.69, 9.17) is 0 Å². The van der Waals surface area contributed by atoms with E-state index in [0.717, 1.165) is 5.69 Å². The minimum absolute atomic E-state index is 0.229. The predicted octanol–water partition coefficient (Wildman–Crippen LogP) is 5.15. The number of hydrogen-bond donors (Lipinski definition) is 1. The highest BCUT2D eigenvalue weighted by atomic mass is 79.9.